The Morgan fingerprint density at radius 2 is 2.05 bits per heavy atom. The van der Waals surface area contributed by atoms with Crippen molar-refractivity contribution in [3.8, 4) is 0 Å². The second-order valence-corrected chi connectivity index (χ2v) is 4.89. The third kappa shape index (κ3) is 3.27. The van der Waals surface area contributed by atoms with Crippen LogP contribution in [0.1, 0.15) is 11.1 Å². The van der Waals surface area contributed by atoms with Crippen LogP contribution in [0, 0.1) is 17.0 Å². The minimum Gasteiger partial charge on any atom is -0.391 e. The summed E-state index contributed by atoms with van der Waals surface area (Å²) in [7, 11) is 0. The first-order valence-electron chi connectivity index (χ1n) is 5.45. The Balaban J connectivity index is 2.26. The van der Waals surface area contributed by atoms with E-state index < -0.39 is 4.92 Å². The van der Waals surface area contributed by atoms with E-state index in [1.807, 2.05) is 6.92 Å². The van der Waals surface area contributed by atoms with Gasteiger partial charge in [0.05, 0.1) is 17.1 Å². The molecule has 0 radical (unpaired) electrons. The fourth-order valence-corrected chi connectivity index (χ4v) is 2.23. The minimum absolute atomic E-state index is 0.0864. The molecule has 0 atom stereocenters. The molecule has 0 bridgehead atoms. The predicted molar refractivity (Wildman–Crippen MR) is 69.9 cm³/mol. The van der Waals surface area contributed by atoms with Crippen LogP contribution in [0.4, 0.5) is 5.69 Å². The lowest BCUT2D eigenvalue weighted by molar-refractivity contribution is -0.385. The SMILES string of the molecule is Cc1cnc(Sc2ccc([N+](=O)[O-])c(CO)c2)nc1. The summed E-state index contributed by atoms with van der Waals surface area (Å²) in [5, 5.41) is 20.5. The van der Waals surface area contributed by atoms with Gasteiger partial charge in [0.1, 0.15) is 0 Å². The number of benzene rings is 1. The van der Waals surface area contributed by atoms with Gasteiger partial charge in [0.15, 0.2) is 5.16 Å². The number of aryl methyl sites for hydroxylation is 1. The maximum Gasteiger partial charge on any atom is 0.274 e. The van der Waals surface area contributed by atoms with Crippen LogP contribution >= 0.6 is 11.8 Å². The highest BCUT2D eigenvalue weighted by molar-refractivity contribution is 7.99. The van der Waals surface area contributed by atoms with Gasteiger partial charge >= 0.3 is 0 Å². The molecule has 0 fully saturated rings. The topological polar surface area (TPSA) is 89.2 Å². The highest BCUT2D eigenvalue weighted by Crippen LogP contribution is 2.29. The van der Waals surface area contributed by atoms with Crippen LogP contribution in [0.3, 0.4) is 0 Å². The van der Waals surface area contributed by atoms with Crippen molar-refractivity contribution in [2.45, 2.75) is 23.6 Å². The normalized spacial score (nSPS) is 10.4. The summed E-state index contributed by atoms with van der Waals surface area (Å²) < 4.78 is 0. The molecule has 7 heteroatoms. The summed E-state index contributed by atoms with van der Waals surface area (Å²) in [5.74, 6) is 0. The average Bonchev–Trinajstić information content (AvgIpc) is 2.41. The second kappa shape index (κ2) is 5.77. The zero-order chi connectivity index (χ0) is 13.8. The summed E-state index contributed by atoms with van der Waals surface area (Å²) in [4.78, 5) is 19.3. The molecule has 1 aromatic heterocycles. The van der Waals surface area contributed by atoms with Gasteiger partial charge in [0.25, 0.3) is 5.69 Å². The van der Waals surface area contributed by atoms with Crippen LogP contribution in [0.2, 0.25) is 0 Å². The van der Waals surface area contributed by atoms with Gasteiger partial charge in [-0.3, -0.25) is 10.1 Å². The fourth-order valence-electron chi connectivity index (χ4n) is 1.47. The van der Waals surface area contributed by atoms with Crippen molar-refractivity contribution in [3.05, 3.63) is 51.8 Å². The van der Waals surface area contributed by atoms with Crippen molar-refractivity contribution in [2.75, 3.05) is 0 Å². The molecule has 1 aromatic carbocycles. The van der Waals surface area contributed by atoms with E-state index in [2.05, 4.69) is 9.97 Å². The van der Waals surface area contributed by atoms with Crippen molar-refractivity contribution in [1.29, 1.82) is 0 Å². The molecule has 1 N–H and O–H groups in total. The van der Waals surface area contributed by atoms with Crippen molar-refractivity contribution in [1.82, 2.24) is 9.97 Å². The van der Waals surface area contributed by atoms with Gasteiger partial charge in [-0.25, -0.2) is 9.97 Å². The molecule has 2 aromatic rings. The molecule has 0 amide bonds. The first kappa shape index (κ1) is 13.4. The van der Waals surface area contributed by atoms with Crippen LogP contribution in [-0.4, -0.2) is 20.0 Å². The predicted octanol–water partition coefficient (Wildman–Crippen LogP) is 2.34. The molecule has 0 saturated heterocycles. The number of nitro groups is 1. The molecule has 19 heavy (non-hydrogen) atoms. The van der Waals surface area contributed by atoms with Crippen LogP contribution < -0.4 is 0 Å². The van der Waals surface area contributed by atoms with Gasteiger partial charge in [-0.15, -0.1) is 0 Å². The standard InChI is InChI=1S/C12H11N3O3S/c1-8-5-13-12(14-6-8)19-10-2-3-11(15(17)18)9(4-10)7-16/h2-6,16H,7H2,1H3. The van der Waals surface area contributed by atoms with Gasteiger partial charge in [-0.05, 0) is 36.4 Å². The quantitative estimate of drug-likeness (QED) is 0.524. The zero-order valence-corrected chi connectivity index (χ0v) is 10.9. The lowest BCUT2D eigenvalue weighted by Crippen LogP contribution is -1.95. The lowest BCUT2D eigenvalue weighted by Gasteiger charge is -2.03. The minimum atomic E-state index is -0.512. The number of rotatable bonds is 4. The monoisotopic (exact) mass is 277 g/mol. The number of aliphatic hydroxyl groups is 1. The number of hydrogen-bond acceptors (Lipinski definition) is 6. The molecule has 0 aliphatic rings. The van der Waals surface area contributed by atoms with E-state index in [1.54, 1.807) is 24.5 Å². The number of nitro benzene ring substituents is 1. The molecule has 1 heterocycles. The van der Waals surface area contributed by atoms with Crippen molar-refractivity contribution < 1.29 is 10.0 Å². The smallest absolute Gasteiger partial charge is 0.274 e. The number of aliphatic hydroxyl groups excluding tert-OH is 1. The van der Waals surface area contributed by atoms with Crippen molar-refractivity contribution in [3.63, 3.8) is 0 Å². The second-order valence-electron chi connectivity index (χ2n) is 3.85. The number of aromatic nitrogens is 2. The Kier molecular flexibility index (Phi) is 4.08. The Morgan fingerprint density at radius 3 is 2.63 bits per heavy atom. The van der Waals surface area contributed by atoms with E-state index >= 15 is 0 Å². The van der Waals surface area contributed by atoms with Crippen LogP contribution in [0.25, 0.3) is 0 Å². The van der Waals surface area contributed by atoms with Gasteiger partial charge in [0.2, 0.25) is 0 Å². The maximum absolute atomic E-state index is 10.8. The highest BCUT2D eigenvalue weighted by Gasteiger charge is 2.14. The number of nitrogens with zero attached hydrogens (tertiary/aromatic N) is 3. The zero-order valence-electron chi connectivity index (χ0n) is 10.1. The van der Waals surface area contributed by atoms with E-state index in [4.69, 9.17) is 5.11 Å². The Labute approximate surface area is 113 Å². The molecule has 0 aliphatic carbocycles. The van der Waals surface area contributed by atoms with E-state index in [-0.39, 0.29) is 17.9 Å². The van der Waals surface area contributed by atoms with Crippen LogP contribution in [0.15, 0.2) is 40.6 Å². The van der Waals surface area contributed by atoms with E-state index in [0.717, 1.165) is 10.5 Å². The van der Waals surface area contributed by atoms with Gasteiger partial charge < -0.3 is 5.11 Å². The molecule has 0 unspecified atom stereocenters. The van der Waals surface area contributed by atoms with Gasteiger partial charge in [-0.2, -0.15) is 0 Å². The van der Waals surface area contributed by atoms with E-state index in [0.29, 0.717) is 5.16 Å². The largest absolute Gasteiger partial charge is 0.391 e. The summed E-state index contributed by atoms with van der Waals surface area (Å²) in [6.45, 7) is 1.52. The molecular weight excluding hydrogens is 266 g/mol. The fraction of sp³-hybridized carbons (Fsp3) is 0.167. The van der Waals surface area contributed by atoms with Gasteiger partial charge in [0, 0.05) is 23.4 Å². The molecule has 0 saturated carbocycles. The number of hydrogen-bond donors (Lipinski definition) is 1. The first-order valence-corrected chi connectivity index (χ1v) is 6.26. The van der Waals surface area contributed by atoms with Crippen molar-refractivity contribution >= 4 is 17.4 Å². The van der Waals surface area contributed by atoms with Crippen LogP contribution in [0.5, 0.6) is 0 Å². The summed E-state index contributed by atoms with van der Waals surface area (Å²) >= 11 is 1.29. The average molecular weight is 277 g/mol. The first-order chi connectivity index (χ1) is 9.10. The van der Waals surface area contributed by atoms with Crippen LogP contribution in [-0.2, 0) is 6.61 Å². The summed E-state index contributed by atoms with van der Waals surface area (Å²) in [6, 6.07) is 4.57. The maximum atomic E-state index is 10.8. The van der Waals surface area contributed by atoms with Crippen molar-refractivity contribution in [2.24, 2.45) is 0 Å². The van der Waals surface area contributed by atoms with E-state index in [9.17, 15) is 10.1 Å². The Hall–Kier alpha value is -1.99. The summed E-state index contributed by atoms with van der Waals surface area (Å²) in [6.07, 6.45) is 3.40. The Bertz CT molecular complexity index is 602. The molecular formula is C12H11N3O3S. The molecule has 6 nitrogen and oxygen atoms in total. The molecule has 2 rings (SSSR count). The van der Waals surface area contributed by atoms with Gasteiger partial charge in [-0.1, -0.05) is 0 Å². The Morgan fingerprint density at radius 1 is 1.37 bits per heavy atom. The summed E-state index contributed by atoms with van der Waals surface area (Å²) in [5.41, 5.74) is 1.16. The highest BCUT2D eigenvalue weighted by atomic mass is 32.2. The molecule has 0 spiro atoms. The molecule has 98 valence electrons. The lowest BCUT2D eigenvalue weighted by atomic mass is 10.2. The third-order valence-corrected chi connectivity index (χ3v) is 3.27. The molecule has 0 aliphatic heterocycles. The van der Waals surface area contributed by atoms with E-state index in [1.165, 1.54) is 17.8 Å². The third-order valence-electron chi connectivity index (χ3n) is 2.38.